The van der Waals surface area contributed by atoms with Crippen LogP contribution >= 0.6 is 11.6 Å². The van der Waals surface area contributed by atoms with Crippen LogP contribution in [0.4, 0.5) is 5.69 Å². The molecule has 0 heterocycles. The Morgan fingerprint density at radius 3 is 2.53 bits per heavy atom. The van der Waals surface area contributed by atoms with E-state index >= 15 is 0 Å². The van der Waals surface area contributed by atoms with E-state index in [-0.39, 0.29) is 22.2 Å². The molecule has 0 bridgehead atoms. The number of hydrogen-bond donors (Lipinski definition) is 3. The Balaban J connectivity index is 3.06. The molecule has 7 heteroatoms. The highest BCUT2D eigenvalue weighted by molar-refractivity contribution is 7.89. The average Bonchev–Trinajstić information content (AvgIpc) is 2.13. The summed E-state index contributed by atoms with van der Waals surface area (Å²) >= 11 is 5.80. The number of halogens is 1. The second-order valence-corrected chi connectivity index (χ2v) is 6.41. The summed E-state index contributed by atoms with van der Waals surface area (Å²) in [5.41, 5.74) is 4.50. The number of anilines is 1. The molecule has 0 aliphatic heterocycles. The van der Waals surface area contributed by atoms with Crippen molar-refractivity contribution in [1.82, 2.24) is 4.72 Å². The van der Waals surface area contributed by atoms with E-state index < -0.39 is 15.6 Å². The van der Waals surface area contributed by atoms with Crippen molar-refractivity contribution in [1.29, 1.82) is 0 Å². The predicted octanol–water partition coefficient (Wildman–Crippen LogP) is 0.971. The molecule has 0 atom stereocenters. The maximum atomic E-state index is 11.9. The summed E-state index contributed by atoms with van der Waals surface area (Å²) in [7, 11) is -3.82. The Bertz CT molecular complexity index is 489. The number of aliphatic hydroxyl groups is 1. The van der Waals surface area contributed by atoms with E-state index in [0.717, 1.165) is 0 Å². The van der Waals surface area contributed by atoms with Gasteiger partial charge in [-0.25, -0.2) is 13.1 Å². The Morgan fingerprint density at radius 2 is 2.06 bits per heavy atom. The van der Waals surface area contributed by atoms with Crippen LogP contribution in [0.15, 0.2) is 23.1 Å². The van der Waals surface area contributed by atoms with Crippen molar-refractivity contribution >= 4 is 27.3 Å². The molecule has 17 heavy (non-hydrogen) atoms. The summed E-state index contributed by atoms with van der Waals surface area (Å²) in [6.45, 7) is 2.86. The van der Waals surface area contributed by atoms with Gasteiger partial charge in [-0.05, 0) is 26.0 Å². The van der Waals surface area contributed by atoms with Crippen LogP contribution in [0.1, 0.15) is 13.8 Å². The lowest BCUT2D eigenvalue weighted by Gasteiger charge is -2.18. The SMILES string of the molecule is CC(C)(O)CNS(=O)(=O)c1c(N)cccc1Cl. The number of rotatable bonds is 4. The topological polar surface area (TPSA) is 92.4 Å². The van der Waals surface area contributed by atoms with E-state index in [4.69, 9.17) is 17.3 Å². The molecule has 0 amide bonds. The molecule has 0 saturated carbocycles. The van der Waals surface area contributed by atoms with Gasteiger partial charge in [-0.1, -0.05) is 17.7 Å². The van der Waals surface area contributed by atoms with Crippen LogP contribution in [0.25, 0.3) is 0 Å². The van der Waals surface area contributed by atoms with Crippen molar-refractivity contribution < 1.29 is 13.5 Å². The van der Waals surface area contributed by atoms with Crippen LogP contribution in [0.3, 0.4) is 0 Å². The fraction of sp³-hybridized carbons (Fsp3) is 0.400. The van der Waals surface area contributed by atoms with Gasteiger partial charge in [-0.2, -0.15) is 0 Å². The molecule has 0 radical (unpaired) electrons. The first kappa shape index (κ1) is 14.2. The van der Waals surface area contributed by atoms with Crippen LogP contribution in [0.2, 0.25) is 5.02 Å². The molecule has 96 valence electrons. The molecule has 0 aliphatic rings. The highest BCUT2D eigenvalue weighted by Crippen LogP contribution is 2.26. The molecule has 0 saturated heterocycles. The van der Waals surface area contributed by atoms with Crippen LogP contribution in [-0.4, -0.2) is 25.7 Å². The standard InChI is InChI=1S/C10H15ClN2O3S/c1-10(2,14)6-13-17(15,16)9-7(11)4-3-5-8(9)12/h3-5,13-14H,6,12H2,1-2H3. The molecule has 0 spiro atoms. The van der Waals surface area contributed by atoms with Crippen molar-refractivity contribution in [2.75, 3.05) is 12.3 Å². The van der Waals surface area contributed by atoms with Crippen LogP contribution < -0.4 is 10.5 Å². The summed E-state index contributed by atoms with van der Waals surface area (Å²) in [6, 6.07) is 4.45. The summed E-state index contributed by atoms with van der Waals surface area (Å²) < 4.78 is 26.1. The Morgan fingerprint density at radius 1 is 1.47 bits per heavy atom. The van der Waals surface area contributed by atoms with Crippen LogP contribution in [0, 0.1) is 0 Å². The van der Waals surface area contributed by atoms with Gasteiger partial charge in [0.05, 0.1) is 16.3 Å². The molecule has 1 aromatic rings. The van der Waals surface area contributed by atoms with E-state index in [0.29, 0.717) is 0 Å². The van der Waals surface area contributed by atoms with Crippen molar-refractivity contribution in [2.24, 2.45) is 0 Å². The number of benzene rings is 1. The number of sulfonamides is 1. The molecule has 0 aliphatic carbocycles. The number of nitrogens with one attached hydrogen (secondary N) is 1. The fourth-order valence-corrected chi connectivity index (χ4v) is 3.03. The third kappa shape index (κ3) is 3.85. The molecular formula is C10H15ClN2O3S. The lowest BCUT2D eigenvalue weighted by atomic mass is 10.1. The van der Waals surface area contributed by atoms with E-state index in [1.807, 2.05) is 0 Å². The first-order valence-corrected chi connectivity index (χ1v) is 6.76. The fourth-order valence-electron chi connectivity index (χ4n) is 1.15. The number of hydrogen-bond acceptors (Lipinski definition) is 4. The van der Waals surface area contributed by atoms with Gasteiger partial charge in [-0.3, -0.25) is 0 Å². The monoisotopic (exact) mass is 278 g/mol. The molecule has 0 aromatic heterocycles. The van der Waals surface area contributed by atoms with Gasteiger partial charge in [0.2, 0.25) is 10.0 Å². The van der Waals surface area contributed by atoms with E-state index in [1.54, 1.807) is 6.07 Å². The molecule has 1 aromatic carbocycles. The van der Waals surface area contributed by atoms with Crippen LogP contribution in [-0.2, 0) is 10.0 Å². The summed E-state index contributed by atoms with van der Waals surface area (Å²) in [5, 5.41) is 9.52. The first-order valence-electron chi connectivity index (χ1n) is 4.89. The largest absolute Gasteiger partial charge is 0.398 e. The zero-order valence-corrected chi connectivity index (χ0v) is 11.1. The van der Waals surface area contributed by atoms with Gasteiger partial charge in [0.25, 0.3) is 0 Å². The molecular weight excluding hydrogens is 264 g/mol. The normalized spacial score (nSPS) is 12.7. The zero-order valence-electron chi connectivity index (χ0n) is 9.57. The maximum absolute atomic E-state index is 11.9. The van der Waals surface area contributed by atoms with E-state index in [2.05, 4.69) is 4.72 Å². The van der Waals surface area contributed by atoms with Crippen molar-refractivity contribution in [3.8, 4) is 0 Å². The van der Waals surface area contributed by atoms with Crippen molar-refractivity contribution in [3.05, 3.63) is 23.2 Å². The highest BCUT2D eigenvalue weighted by Gasteiger charge is 2.23. The van der Waals surface area contributed by atoms with Gasteiger partial charge in [0.15, 0.2) is 0 Å². The minimum Gasteiger partial charge on any atom is -0.398 e. The minimum atomic E-state index is -3.82. The number of nitrogen functional groups attached to an aromatic ring is 1. The first-order chi connectivity index (χ1) is 7.63. The molecule has 4 N–H and O–H groups in total. The summed E-state index contributed by atoms with van der Waals surface area (Å²) in [6.07, 6.45) is 0. The van der Waals surface area contributed by atoms with Gasteiger partial charge < -0.3 is 10.8 Å². The van der Waals surface area contributed by atoms with E-state index in [9.17, 15) is 13.5 Å². The second kappa shape index (κ2) is 4.81. The maximum Gasteiger partial charge on any atom is 0.244 e. The third-order valence-electron chi connectivity index (χ3n) is 1.96. The summed E-state index contributed by atoms with van der Waals surface area (Å²) in [4.78, 5) is -0.161. The molecule has 0 fully saturated rings. The molecule has 5 nitrogen and oxygen atoms in total. The smallest absolute Gasteiger partial charge is 0.244 e. The Kier molecular flexibility index (Phi) is 4.03. The highest BCUT2D eigenvalue weighted by atomic mass is 35.5. The molecule has 0 unspecified atom stereocenters. The summed E-state index contributed by atoms with van der Waals surface area (Å²) in [5.74, 6) is 0. The second-order valence-electron chi connectivity index (χ2n) is 4.30. The third-order valence-corrected chi connectivity index (χ3v) is 3.91. The van der Waals surface area contributed by atoms with Crippen LogP contribution in [0.5, 0.6) is 0 Å². The minimum absolute atomic E-state index is 0.0493. The predicted molar refractivity (Wildman–Crippen MR) is 67.4 cm³/mol. The van der Waals surface area contributed by atoms with Crippen molar-refractivity contribution in [2.45, 2.75) is 24.3 Å². The van der Waals surface area contributed by atoms with Gasteiger partial charge in [0, 0.05) is 6.54 Å². The number of nitrogens with two attached hydrogens (primary N) is 1. The van der Waals surface area contributed by atoms with Crippen molar-refractivity contribution in [3.63, 3.8) is 0 Å². The quantitative estimate of drug-likeness (QED) is 0.716. The Labute approximate surface area is 106 Å². The molecule has 1 rings (SSSR count). The van der Waals surface area contributed by atoms with Gasteiger partial charge in [0.1, 0.15) is 4.90 Å². The lowest BCUT2D eigenvalue weighted by molar-refractivity contribution is 0.0857. The average molecular weight is 279 g/mol. The lowest BCUT2D eigenvalue weighted by Crippen LogP contribution is -2.38. The van der Waals surface area contributed by atoms with Gasteiger partial charge in [-0.15, -0.1) is 0 Å². The van der Waals surface area contributed by atoms with E-state index in [1.165, 1.54) is 26.0 Å². The zero-order chi connectivity index (χ0) is 13.3. The van der Waals surface area contributed by atoms with Gasteiger partial charge >= 0.3 is 0 Å². The Hall–Kier alpha value is -0.820.